The Balaban J connectivity index is 1.81. The molecule has 1 aliphatic rings. The number of carboxylic acids is 1. The van der Waals surface area contributed by atoms with Crippen molar-refractivity contribution >= 4 is 11.9 Å². The number of aromatic nitrogens is 4. The zero-order chi connectivity index (χ0) is 34.2. The van der Waals surface area contributed by atoms with Crippen LogP contribution in [0.4, 0.5) is 45.5 Å². The van der Waals surface area contributed by atoms with Crippen LogP contribution in [0, 0.1) is 11.8 Å². The van der Waals surface area contributed by atoms with Gasteiger partial charge in [-0.05, 0) is 84.1 Å². The lowest BCUT2D eigenvalue weighted by Gasteiger charge is -2.40. The molecule has 0 radical (unpaired) electrons. The van der Waals surface area contributed by atoms with Crippen molar-refractivity contribution in [3.05, 3.63) is 69.8 Å². The first-order valence-electron chi connectivity index (χ1n) is 14.2. The number of benzene rings is 2. The van der Waals surface area contributed by atoms with E-state index in [2.05, 4.69) is 15.4 Å². The molecule has 1 N–H and O–H groups in total. The van der Waals surface area contributed by atoms with Gasteiger partial charge in [0, 0.05) is 19.1 Å². The summed E-state index contributed by atoms with van der Waals surface area (Å²) in [7, 11) is 1.37. The largest absolute Gasteiger partial charge is 0.481 e. The van der Waals surface area contributed by atoms with Crippen molar-refractivity contribution < 1.29 is 49.4 Å². The predicted molar refractivity (Wildman–Crippen MR) is 146 cm³/mol. The van der Waals surface area contributed by atoms with Crippen LogP contribution in [-0.4, -0.2) is 49.3 Å². The van der Waals surface area contributed by atoms with Gasteiger partial charge in [0.1, 0.15) is 0 Å². The summed E-state index contributed by atoms with van der Waals surface area (Å²) in [6.07, 6.45) is -14.3. The zero-order valence-electron chi connectivity index (χ0n) is 24.9. The molecule has 0 amide bonds. The second kappa shape index (κ2) is 13.1. The number of nitrogens with zero attached hydrogens (tertiary/aromatic N) is 6. The molecule has 1 fully saturated rings. The van der Waals surface area contributed by atoms with E-state index in [1.807, 2.05) is 18.7 Å². The monoisotopic (exact) mass is 666 g/mol. The van der Waals surface area contributed by atoms with Crippen LogP contribution in [-0.2, 0) is 43.5 Å². The number of tetrazole rings is 1. The molecule has 252 valence electrons. The lowest BCUT2D eigenvalue weighted by molar-refractivity contribution is -0.144. The van der Waals surface area contributed by atoms with Crippen molar-refractivity contribution in [1.82, 2.24) is 25.1 Å². The van der Waals surface area contributed by atoms with Crippen molar-refractivity contribution in [2.75, 3.05) is 18.0 Å². The number of halogens is 9. The molecule has 1 atom stereocenters. The average Bonchev–Trinajstić information content (AvgIpc) is 3.38. The van der Waals surface area contributed by atoms with Gasteiger partial charge in [0.15, 0.2) is 0 Å². The summed E-state index contributed by atoms with van der Waals surface area (Å²) >= 11 is 0. The van der Waals surface area contributed by atoms with E-state index in [0.29, 0.717) is 43.6 Å². The molecule has 0 aliphatic carbocycles. The number of carboxylic acid groups (broad SMARTS) is 1. The fraction of sp³-hybridized carbons (Fsp3) is 0.517. The topological polar surface area (TPSA) is 87.4 Å². The third-order valence-corrected chi connectivity index (χ3v) is 7.86. The molecule has 0 bridgehead atoms. The highest BCUT2D eigenvalue weighted by molar-refractivity contribution is 5.70. The SMILES string of the molecule is CC(C)C(c1ccc(C(F)(F)F)cc1CN(Cc1cc(C(F)(F)F)cc(C(F)(F)F)c1)c1nnn(C)n1)N1CCC(C(=O)O)CC1. The maximum Gasteiger partial charge on any atom is 0.416 e. The maximum atomic E-state index is 13.9. The molecule has 0 saturated carbocycles. The minimum absolute atomic E-state index is 0.0138. The number of likely N-dealkylation sites (tertiary alicyclic amines) is 1. The van der Waals surface area contributed by atoms with Crippen LogP contribution in [0.3, 0.4) is 0 Å². The van der Waals surface area contributed by atoms with E-state index >= 15 is 0 Å². The fourth-order valence-electron chi connectivity index (χ4n) is 5.74. The molecule has 46 heavy (non-hydrogen) atoms. The number of aryl methyl sites for hydroxylation is 1. The van der Waals surface area contributed by atoms with Gasteiger partial charge in [0.2, 0.25) is 0 Å². The standard InChI is InChI=1S/C29H31F9N6O2/c1-16(2)24(43-8-6-18(7-9-43)25(45)46)23-5-4-20(27(30,31)32)12-19(23)15-44(26-39-41-42(3)40-26)14-17-10-21(28(33,34)35)13-22(11-17)29(36,37)38/h4-5,10-13,16,18,24H,6-9,14-15H2,1-3H3,(H,45,46). The van der Waals surface area contributed by atoms with Crippen LogP contribution < -0.4 is 4.90 Å². The number of carbonyl (C=O) groups is 1. The zero-order valence-corrected chi connectivity index (χ0v) is 24.9. The normalized spacial score (nSPS) is 16.2. The summed E-state index contributed by atoms with van der Waals surface area (Å²) in [5.74, 6) is -1.92. The summed E-state index contributed by atoms with van der Waals surface area (Å²) in [5, 5.41) is 21.0. The van der Waals surface area contributed by atoms with Crippen molar-refractivity contribution in [2.45, 2.75) is 64.3 Å². The Morgan fingerprint density at radius 2 is 1.46 bits per heavy atom. The number of hydrogen-bond donors (Lipinski definition) is 1. The van der Waals surface area contributed by atoms with Crippen LogP contribution in [0.5, 0.6) is 0 Å². The van der Waals surface area contributed by atoms with Crippen LogP contribution in [0.1, 0.15) is 66.1 Å². The number of piperidine rings is 1. The van der Waals surface area contributed by atoms with Gasteiger partial charge in [-0.3, -0.25) is 9.69 Å². The highest BCUT2D eigenvalue weighted by atomic mass is 19.4. The van der Waals surface area contributed by atoms with E-state index in [1.54, 1.807) is 0 Å². The summed E-state index contributed by atoms with van der Waals surface area (Å²) in [4.78, 5) is 15.6. The molecular formula is C29H31F9N6O2. The number of hydrogen-bond acceptors (Lipinski definition) is 6. The molecule has 8 nitrogen and oxygen atoms in total. The molecule has 1 saturated heterocycles. The first kappa shape index (κ1) is 35.0. The minimum Gasteiger partial charge on any atom is -0.481 e. The smallest absolute Gasteiger partial charge is 0.416 e. The third kappa shape index (κ3) is 8.27. The molecule has 0 spiro atoms. The van der Waals surface area contributed by atoms with E-state index in [1.165, 1.54) is 13.1 Å². The first-order chi connectivity index (χ1) is 21.2. The van der Waals surface area contributed by atoms with E-state index < -0.39 is 71.8 Å². The van der Waals surface area contributed by atoms with Crippen molar-refractivity contribution in [2.24, 2.45) is 18.9 Å². The Morgan fingerprint density at radius 3 is 1.91 bits per heavy atom. The molecule has 4 rings (SSSR count). The maximum absolute atomic E-state index is 13.9. The average molecular weight is 667 g/mol. The van der Waals surface area contributed by atoms with Gasteiger partial charge in [-0.1, -0.05) is 25.0 Å². The highest BCUT2D eigenvalue weighted by Crippen LogP contribution is 2.40. The third-order valence-electron chi connectivity index (χ3n) is 7.86. The summed E-state index contributed by atoms with van der Waals surface area (Å²) in [6, 6.07) is 3.68. The van der Waals surface area contributed by atoms with Gasteiger partial charge in [-0.2, -0.15) is 44.3 Å². The van der Waals surface area contributed by atoms with Gasteiger partial charge in [0.05, 0.1) is 29.7 Å². The van der Waals surface area contributed by atoms with Gasteiger partial charge >= 0.3 is 24.5 Å². The molecule has 2 aromatic carbocycles. The second-order valence-corrected chi connectivity index (χ2v) is 11.6. The van der Waals surface area contributed by atoms with Gasteiger partial charge < -0.3 is 10.0 Å². The van der Waals surface area contributed by atoms with Crippen LogP contribution in [0.2, 0.25) is 0 Å². The van der Waals surface area contributed by atoms with E-state index in [-0.39, 0.29) is 23.5 Å². The summed E-state index contributed by atoms with van der Waals surface area (Å²) in [6.45, 7) is 3.32. The molecular weight excluding hydrogens is 635 g/mol. The Labute approximate surface area is 257 Å². The first-order valence-corrected chi connectivity index (χ1v) is 14.2. The summed E-state index contributed by atoms with van der Waals surface area (Å²) in [5.41, 5.74) is -4.01. The highest BCUT2D eigenvalue weighted by Gasteiger charge is 2.38. The Hall–Kier alpha value is -3.89. The minimum atomic E-state index is -5.11. The second-order valence-electron chi connectivity index (χ2n) is 11.6. The van der Waals surface area contributed by atoms with Crippen LogP contribution in [0.25, 0.3) is 0 Å². The molecule has 1 aromatic heterocycles. The number of anilines is 1. The Bertz CT molecular complexity index is 1490. The van der Waals surface area contributed by atoms with E-state index in [0.717, 1.165) is 21.8 Å². The van der Waals surface area contributed by atoms with Crippen LogP contribution >= 0.6 is 0 Å². The van der Waals surface area contributed by atoms with Crippen molar-refractivity contribution in [3.63, 3.8) is 0 Å². The predicted octanol–water partition coefficient (Wildman–Crippen LogP) is 6.97. The number of rotatable bonds is 9. The van der Waals surface area contributed by atoms with Gasteiger partial charge in [-0.15, -0.1) is 5.10 Å². The Kier molecular flexibility index (Phi) is 9.94. The lowest BCUT2D eigenvalue weighted by Crippen LogP contribution is -2.41. The fourth-order valence-corrected chi connectivity index (χ4v) is 5.74. The lowest BCUT2D eigenvalue weighted by atomic mass is 9.86. The van der Waals surface area contributed by atoms with Gasteiger partial charge in [-0.25, -0.2) is 0 Å². The molecule has 3 aromatic rings. The van der Waals surface area contributed by atoms with Crippen LogP contribution in [0.15, 0.2) is 36.4 Å². The molecule has 17 heteroatoms. The molecule has 1 aliphatic heterocycles. The molecule has 2 heterocycles. The van der Waals surface area contributed by atoms with E-state index in [9.17, 15) is 49.4 Å². The van der Waals surface area contributed by atoms with Crippen molar-refractivity contribution in [3.8, 4) is 0 Å². The number of aliphatic carboxylic acids is 1. The van der Waals surface area contributed by atoms with Gasteiger partial charge in [0.25, 0.3) is 5.95 Å². The Morgan fingerprint density at radius 1 is 0.891 bits per heavy atom. The number of alkyl halides is 9. The van der Waals surface area contributed by atoms with E-state index in [4.69, 9.17) is 0 Å². The quantitative estimate of drug-likeness (QED) is 0.247. The summed E-state index contributed by atoms with van der Waals surface area (Å²) < 4.78 is 123. The van der Waals surface area contributed by atoms with Crippen molar-refractivity contribution in [1.29, 1.82) is 0 Å². The molecule has 1 unspecified atom stereocenters.